The normalized spacial score (nSPS) is 13.9. The van der Waals surface area contributed by atoms with Gasteiger partial charge in [0.05, 0.1) is 22.3 Å². The van der Waals surface area contributed by atoms with E-state index in [-0.39, 0.29) is 43.2 Å². The largest absolute Gasteiger partial charge is 0.507 e. The Hall–Kier alpha value is -5.57. The van der Waals surface area contributed by atoms with Gasteiger partial charge < -0.3 is 5.11 Å². The molecule has 2 heterocycles. The van der Waals surface area contributed by atoms with E-state index in [9.17, 15) is 12.0 Å². The zero-order valence-corrected chi connectivity index (χ0v) is 43.9. The molecule has 6 aromatic carbocycles. The minimum atomic E-state index is -2.63. The van der Waals surface area contributed by atoms with Crippen molar-refractivity contribution in [3.05, 3.63) is 166 Å². The number of para-hydroxylation sites is 1. The van der Waals surface area contributed by atoms with Gasteiger partial charge in [0, 0.05) is 45.4 Å². The fourth-order valence-electron chi connectivity index (χ4n) is 8.92. The maximum atomic E-state index is 12.6. The average Bonchev–Trinajstić information content (AvgIpc) is 3.66. The van der Waals surface area contributed by atoms with E-state index in [1.165, 1.54) is 5.56 Å². The van der Waals surface area contributed by atoms with Crippen molar-refractivity contribution in [3.63, 3.8) is 0 Å². The van der Waals surface area contributed by atoms with Crippen LogP contribution in [0, 0.1) is 19.8 Å². The Labute approximate surface area is 422 Å². The number of rotatable bonds is 8. The number of nitrogens with zero attached hydrogens (tertiary/aromatic N) is 3. The van der Waals surface area contributed by atoms with E-state index in [0.29, 0.717) is 50.4 Å². The molecule has 67 heavy (non-hydrogen) atoms. The van der Waals surface area contributed by atoms with Gasteiger partial charge in [-0.1, -0.05) is 179 Å². The molecule has 4 nitrogen and oxygen atoms in total. The Morgan fingerprint density at radius 3 is 1.87 bits per heavy atom. The third-order valence-electron chi connectivity index (χ3n) is 12.8. The number of benzene rings is 6. The van der Waals surface area contributed by atoms with E-state index in [2.05, 4.69) is 124 Å². The smallest absolute Gasteiger partial charge is 0.148 e. The standard InChI is InChI=1S/C62H68N3O.Pt/c1-37(2)48-18-16-19-49(38(3)4)56(48)43-26-27-54(40(6)30-43)65-55-21-17-20-50(57(55)64-59(65)51-35-47(61(10,11)12)36-52(58(51)66)62(13,14)15)44-31-45(33-46(32-44)60(7,8)9)53-34-42(28-29-63-53)41-24-22-39(5)23-25-41;/h16-30,32-38,66H,1-15H3;/q-1;/i6D3,37D,38D;. The van der Waals surface area contributed by atoms with Crippen molar-refractivity contribution in [2.75, 3.05) is 0 Å². The third-order valence-corrected chi connectivity index (χ3v) is 12.8. The second-order valence-corrected chi connectivity index (χ2v) is 21.6. The first-order chi connectivity index (χ1) is 32.8. The van der Waals surface area contributed by atoms with Gasteiger partial charge in [-0.05, 0) is 117 Å². The molecule has 0 saturated heterocycles. The molecule has 8 aromatic rings. The Morgan fingerprint density at radius 1 is 0.642 bits per heavy atom. The summed E-state index contributed by atoms with van der Waals surface area (Å²) in [5.41, 5.74) is 13.2. The summed E-state index contributed by atoms with van der Waals surface area (Å²) in [6.45, 7) is 25.9. The number of aromatic nitrogens is 3. The number of fused-ring (bicyclic) bond motifs is 1. The molecule has 2 aromatic heterocycles. The van der Waals surface area contributed by atoms with Crippen molar-refractivity contribution in [3.8, 4) is 67.5 Å². The molecule has 0 radical (unpaired) electrons. The molecule has 348 valence electrons. The van der Waals surface area contributed by atoms with E-state index < -0.39 is 24.1 Å². The third kappa shape index (κ3) is 9.75. The predicted octanol–water partition coefficient (Wildman–Crippen LogP) is 17.0. The molecule has 0 fully saturated rings. The maximum absolute atomic E-state index is 12.6. The molecule has 0 amide bonds. The molecule has 1 N–H and O–H groups in total. The Kier molecular flexibility index (Phi) is 11.8. The number of hydrogen-bond acceptors (Lipinski definition) is 3. The molecule has 0 bridgehead atoms. The van der Waals surface area contributed by atoms with Crippen LogP contribution in [-0.4, -0.2) is 19.6 Å². The van der Waals surface area contributed by atoms with Crippen LogP contribution in [0.3, 0.4) is 0 Å². The van der Waals surface area contributed by atoms with Crippen LogP contribution >= 0.6 is 0 Å². The van der Waals surface area contributed by atoms with Gasteiger partial charge in [-0.3, -0.25) is 9.55 Å². The molecule has 0 saturated carbocycles. The summed E-state index contributed by atoms with van der Waals surface area (Å²) in [6, 6.07) is 41.8. The molecule has 0 aliphatic carbocycles. The van der Waals surface area contributed by atoms with Crippen molar-refractivity contribution in [2.45, 2.75) is 132 Å². The summed E-state index contributed by atoms with van der Waals surface area (Å²) < 4.78 is 47.9. The Balaban J connectivity index is 0.00000760. The summed E-state index contributed by atoms with van der Waals surface area (Å²) in [4.78, 5) is 10.4. The first-order valence-corrected chi connectivity index (χ1v) is 23.1. The second-order valence-electron chi connectivity index (χ2n) is 21.6. The van der Waals surface area contributed by atoms with E-state index in [0.717, 1.165) is 50.2 Å². The van der Waals surface area contributed by atoms with Crippen molar-refractivity contribution >= 4 is 11.0 Å². The van der Waals surface area contributed by atoms with Crippen LogP contribution in [0.5, 0.6) is 5.75 Å². The quantitative estimate of drug-likeness (QED) is 0.154. The van der Waals surface area contributed by atoms with E-state index in [1.807, 2.05) is 99.1 Å². The topological polar surface area (TPSA) is 50.9 Å². The van der Waals surface area contributed by atoms with Crippen molar-refractivity contribution in [1.82, 2.24) is 14.5 Å². The molecule has 0 aliphatic rings. The predicted molar refractivity (Wildman–Crippen MR) is 280 cm³/mol. The molecule has 0 atom stereocenters. The minimum absolute atomic E-state index is 0. The first kappa shape index (κ1) is 42.8. The number of imidazole rings is 1. The van der Waals surface area contributed by atoms with E-state index >= 15 is 0 Å². The summed E-state index contributed by atoms with van der Waals surface area (Å²) in [7, 11) is 0. The van der Waals surface area contributed by atoms with Gasteiger partial charge in [0.15, 0.2) is 0 Å². The Bertz CT molecular complexity index is 3300. The van der Waals surface area contributed by atoms with Crippen LogP contribution in [0.25, 0.3) is 72.7 Å². The van der Waals surface area contributed by atoms with Gasteiger partial charge in [0.2, 0.25) is 0 Å². The van der Waals surface area contributed by atoms with Gasteiger partial charge in [-0.25, -0.2) is 4.98 Å². The number of pyridine rings is 1. The number of phenolic OH excluding ortho intramolecular Hbond substituents is 1. The van der Waals surface area contributed by atoms with Crippen molar-refractivity contribution in [1.29, 1.82) is 0 Å². The number of hydrogen-bond donors (Lipinski definition) is 1. The summed E-state index contributed by atoms with van der Waals surface area (Å²) in [5.74, 6) is -1.64. The van der Waals surface area contributed by atoms with Crippen LogP contribution in [0.2, 0.25) is 0 Å². The fraction of sp³-hybridized carbons (Fsp3) is 0.323. The SMILES string of the molecule is [2H]C([2H])([2H])c1cc(-c2c(C([2H])(C)C)cccc2C([2H])(C)C)ccc1-n1c(-c2cc(C(C)(C)C)cc(C(C)(C)C)c2O)nc2c(-c3[c-]c(-c4cc(-c5ccc(C)cc5)ccn4)cc(C(C)(C)C)c3)cccc21.[Pt]. The molecule has 0 aliphatic heterocycles. The molecule has 0 spiro atoms. The molecule has 5 heteroatoms. The van der Waals surface area contributed by atoms with Gasteiger partial charge in [-0.15, -0.1) is 29.3 Å². The monoisotopic (exact) mass is 1070 g/mol. The van der Waals surface area contributed by atoms with Crippen LogP contribution in [0.1, 0.15) is 148 Å². The van der Waals surface area contributed by atoms with E-state index in [1.54, 1.807) is 6.07 Å². The molecular formula is C62H68N3OPt-. The van der Waals surface area contributed by atoms with Gasteiger partial charge >= 0.3 is 0 Å². The average molecular weight is 1070 g/mol. The molecular weight excluding hydrogens is 998 g/mol. The van der Waals surface area contributed by atoms with Crippen molar-refractivity contribution in [2.24, 2.45) is 0 Å². The number of phenols is 1. The van der Waals surface area contributed by atoms with Crippen molar-refractivity contribution < 1.29 is 33.0 Å². The minimum Gasteiger partial charge on any atom is -0.507 e. The summed E-state index contributed by atoms with van der Waals surface area (Å²) in [5, 5.41) is 12.6. The maximum Gasteiger partial charge on any atom is 0.148 e. The van der Waals surface area contributed by atoms with Crippen LogP contribution in [0.15, 0.2) is 121 Å². The van der Waals surface area contributed by atoms with E-state index in [4.69, 9.17) is 9.97 Å². The molecule has 8 rings (SSSR count). The summed E-state index contributed by atoms with van der Waals surface area (Å²) >= 11 is 0. The van der Waals surface area contributed by atoms with Crippen LogP contribution < -0.4 is 0 Å². The van der Waals surface area contributed by atoms with Gasteiger partial charge in [-0.2, -0.15) is 0 Å². The van der Waals surface area contributed by atoms with Crippen LogP contribution in [0.4, 0.5) is 0 Å². The molecule has 0 unspecified atom stereocenters. The number of aryl methyl sites for hydroxylation is 2. The van der Waals surface area contributed by atoms with Crippen LogP contribution in [-0.2, 0) is 37.3 Å². The first-order valence-electron chi connectivity index (χ1n) is 25.6. The van der Waals surface area contributed by atoms with Gasteiger partial charge in [0.1, 0.15) is 11.6 Å². The second kappa shape index (κ2) is 18.5. The fourth-order valence-corrected chi connectivity index (χ4v) is 8.92. The Morgan fingerprint density at radius 2 is 1.25 bits per heavy atom. The number of aromatic hydroxyl groups is 1. The zero-order valence-electron chi connectivity index (χ0n) is 46.7. The summed E-state index contributed by atoms with van der Waals surface area (Å²) in [6.07, 6.45) is 1.84. The zero-order chi connectivity index (χ0) is 52.0. The van der Waals surface area contributed by atoms with Gasteiger partial charge in [0.25, 0.3) is 0 Å².